The second-order valence-corrected chi connectivity index (χ2v) is 17.0. The SMILES string of the molecule is CC12OC(CCO[Si](C)(C)C(C)(C)C)(C3OC31)C1C(=O)N(c3ccc(C#N)c4ncccc34)C(=O)C12. The molecule has 5 heterocycles. The summed E-state index contributed by atoms with van der Waals surface area (Å²) in [5.41, 5.74) is -0.392. The number of nitrogens with zero attached hydrogens (tertiary/aromatic N) is 3. The first kappa shape index (κ1) is 23.7. The standard InChI is InChI=1S/C27H31N3O5Si/c1-25(2,3)36(5,6)33-13-11-27-19-18(26(4,35-27)21-22(27)34-21)23(31)30(24(19)32)17-10-9-15(14-28)20-16(17)8-7-12-29-20/h7-10,12,18-19,21-22H,11,13H2,1-6H3. The number of imide groups is 1. The summed E-state index contributed by atoms with van der Waals surface area (Å²) >= 11 is 0. The van der Waals surface area contributed by atoms with Crippen molar-refractivity contribution < 1.29 is 23.5 Å². The van der Waals surface area contributed by atoms with Crippen LogP contribution in [-0.4, -0.2) is 55.1 Å². The molecule has 2 bridgehead atoms. The van der Waals surface area contributed by atoms with E-state index in [0.717, 1.165) is 0 Å². The summed E-state index contributed by atoms with van der Waals surface area (Å²) in [7, 11) is -2.00. The molecule has 4 aliphatic heterocycles. The molecule has 0 saturated carbocycles. The lowest BCUT2D eigenvalue weighted by atomic mass is 9.67. The van der Waals surface area contributed by atoms with Gasteiger partial charge in [0.1, 0.15) is 29.5 Å². The van der Waals surface area contributed by atoms with Gasteiger partial charge in [0.05, 0.1) is 28.6 Å². The number of pyridine rings is 1. The molecule has 6 atom stereocenters. The van der Waals surface area contributed by atoms with Gasteiger partial charge in [-0.25, -0.2) is 4.90 Å². The first-order chi connectivity index (χ1) is 16.9. The molecule has 0 N–H and O–H groups in total. The minimum absolute atomic E-state index is 0.0627. The summed E-state index contributed by atoms with van der Waals surface area (Å²) in [5.74, 6) is -1.80. The number of epoxide rings is 1. The lowest BCUT2D eigenvalue weighted by Gasteiger charge is -2.38. The number of anilines is 1. The number of carbonyl (C=O) groups is 2. The Bertz CT molecular complexity index is 1360. The summed E-state index contributed by atoms with van der Waals surface area (Å²) in [4.78, 5) is 33.6. The highest BCUT2D eigenvalue weighted by atomic mass is 28.4. The van der Waals surface area contributed by atoms with E-state index in [4.69, 9.17) is 13.9 Å². The van der Waals surface area contributed by atoms with Gasteiger partial charge < -0.3 is 13.9 Å². The maximum atomic E-state index is 14.1. The van der Waals surface area contributed by atoms with E-state index in [-0.39, 0.29) is 29.1 Å². The van der Waals surface area contributed by atoms with Crippen molar-refractivity contribution in [1.82, 2.24) is 4.98 Å². The number of nitriles is 1. The lowest BCUT2D eigenvalue weighted by molar-refractivity contribution is -0.145. The predicted molar refractivity (Wildman–Crippen MR) is 135 cm³/mol. The van der Waals surface area contributed by atoms with Gasteiger partial charge >= 0.3 is 0 Å². The molecule has 188 valence electrons. The third-order valence-corrected chi connectivity index (χ3v) is 13.8. The number of aromatic nitrogens is 1. The molecule has 4 aliphatic rings. The van der Waals surface area contributed by atoms with Crippen LogP contribution < -0.4 is 4.90 Å². The molecule has 0 aliphatic carbocycles. The van der Waals surface area contributed by atoms with Gasteiger partial charge in [-0.2, -0.15) is 5.26 Å². The minimum Gasteiger partial charge on any atom is -0.417 e. The van der Waals surface area contributed by atoms with Crippen LogP contribution in [-0.2, 0) is 23.5 Å². The molecule has 1 aromatic carbocycles. The predicted octanol–water partition coefficient (Wildman–Crippen LogP) is 3.93. The molecular weight excluding hydrogens is 474 g/mol. The molecule has 0 radical (unpaired) electrons. The number of fused-ring (bicyclic) bond motifs is 9. The number of hydrogen-bond acceptors (Lipinski definition) is 7. The van der Waals surface area contributed by atoms with Crippen molar-refractivity contribution in [1.29, 1.82) is 5.26 Å². The van der Waals surface area contributed by atoms with Gasteiger partial charge in [0.15, 0.2) is 8.32 Å². The Labute approximate surface area is 211 Å². The first-order valence-corrected chi connectivity index (χ1v) is 15.4. The number of carbonyl (C=O) groups excluding carboxylic acids is 2. The Balaban J connectivity index is 1.37. The van der Waals surface area contributed by atoms with Crippen LogP contribution in [0.5, 0.6) is 0 Å². The van der Waals surface area contributed by atoms with Crippen molar-refractivity contribution in [3.63, 3.8) is 0 Å². The zero-order chi connectivity index (χ0) is 25.8. The van der Waals surface area contributed by atoms with Crippen LogP contribution in [0.25, 0.3) is 10.9 Å². The van der Waals surface area contributed by atoms with E-state index >= 15 is 0 Å². The quantitative estimate of drug-likeness (QED) is 0.344. The van der Waals surface area contributed by atoms with E-state index in [2.05, 4.69) is 44.9 Å². The zero-order valence-corrected chi connectivity index (χ0v) is 22.5. The van der Waals surface area contributed by atoms with Crippen LogP contribution in [0.4, 0.5) is 5.69 Å². The van der Waals surface area contributed by atoms with Crippen LogP contribution in [0, 0.1) is 23.2 Å². The van der Waals surface area contributed by atoms with Crippen molar-refractivity contribution >= 4 is 36.7 Å². The fraction of sp³-hybridized carbons (Fsp3) is 0.556. The number of hydrogen-bond donors (Lipinski definition) is 0. The van der Waals surface area contributed by atoms with Crippen LogP contribution in [0.1, 0.15) is 39.7 Å². The second-order valence-electron chi connectivity index (χ2n) is 12.2. The lowest BCUT2D eigenvalue weighted by Crippen LogP contribution is -2.49. The van der Waals surface area contributed by atoms with Gasteiger partial charge in [0.2, 0.25) is 11.8 Å². The molecule has 0 spiro atoms. The maximum absolute atomic E-state index is 14.1. The minimum atomic E-state index is -2.00. The topological polar surface area (TPSA) is 105 Å². The Kier molecular flexibility index (Phi) is 4.76. The third kappa shape index (κ3) is 2.87. The van der Waals surface area contributed by atoms with Gasteiger partial charge in [-0.15, -0.1) is 0 Å². The van der Waals surface area contributed by atoms with Crippen molar-refractivity contribution in [3.05, 3.63) is 36.0 Å². The van der Waals surface area contributed by atoms with Gasteiger partial charge in [-0.3, -0.25) is 14.6 Å². The third-order valence-electron chi connectivity index (χ3n) is 9.27. The van der Waals surface area contributed by atoms with E-state index in [1.807, 2.05) is 6.92 Å². The second kappa shape index (κ2) is 7.23. The molecule has 1 aromatic heterocycles. The fourth-order valence-corrected chi connectivity index (χ4v) is 7.42. The molecule has 4 saturated heterocycles. The van der Waals surface area contributed by atoms with Crippen molar-refractivity contribution in [2.45, 2.75) is 75.7 Å². The summed E-state index contributed by atoms with van der Waals surface area (Å²) in [6, 6.07) is 8.98. The van der Waals surface area contributed by atoms with Gasteiger partial charge in [-0.05, 0) is 49.3 Å². The summed E-state index contributed by atoms with van der Waals surface area (Å²) in [5, 5.41) is 10.2. The van der Waals surface area contributed by atoms with Crippen LogP contribution in [0.2, 0.25) is 18.1 Å². The van der Waals surface area contributed by atoms with Crippen molar-refractivity contribution in [2.24, 2.45) is 11.8 Å². The monoisotopic (exact) mass is 505 g/mol. The van der Waals surface area contributed by atoms with E-state index < -0.39 is 31.4 Å². The fourth-order valence-electron chi connectivity index (χ4n) is 6.38. The van der Waals surface area contributed by atoms with Crippen LogP contribution in [0.15, 0.2) is 30.5 Å². The van der Waals surface area contributed by atoms with Gasteiger partial charge in [-0.1, -0.05) is 20.8 Å². The van der Waals surface area contributed by atoms with Crippen LogP contribution >= 0.6 is 0 Å². The van der Waals surface area contributed by atoms with Crippen LogP contribution in [0.3, 0.4) is 0 Å². The molecule has 36 heavy (non-hydrogen) atoms. The van der Waals surface area contributed by atoms with Crippen molar-refractivity contribution in [3.8, 4) is 6.07 Å². The first-order valence-electron chi connectivity index (χ1n) is 12.5. The molecule has 8 nitrogen and oxygen atoms in total. The number of benzene rings is 1. The normalized spacial score (nSPS) is 34.8. The molecular formula is C27H31N3O5Si. The Morgan fingerprint density at radius 3 is 2.58 bits per heavy atom. The number of rotatable bonds is 5. The van der Waals surface area contributed by atoms with E-state index in [1.54, 1.807) is 30.5 Å². The van der Waals surface area contributed by atoms with E-state index in [0.29, 0.717) is 35.2 Å². The molecule has 4 fully saturated rings. The average Bonchev–Trinajstić information content (AvgIpc) is 3.48. The van der Waals surface area contributed by atoms with E-state index in [9.17, 15) is 14.9 Å². The van der Waals surface area contributed by atoms with Gasteiger partial charge in [0.25, 0.3) is 0 Å². The smallest absolute Gasteiger partial charge is 0.240 e. The maximum Gasteiger partial charge on any atom is 0.240 e. The highest BCUT2D eigenvalue weighted by molar-refractivity contribution is 6.74. The summed E-state index contributed by atoms with van der Waals surface area (Å²) in [6.45, 7) is 13.3. The van der Waals surface area contributed by atoms with Crippen molar-refractivity contribution in [2.75, 3.05) is 11.5 Å². The molecule has 2 amide bonds. The largest absolute Gasteiger partial charge is 0.417 e. The molecule has 9 heteroatoms. The summed E-state index contributed by atoms with van der Waals surface area (Å²) in [6.07, 6.45) is 1.71. The van der Waals surface area contributed by atoms with Gasteiger partial charge in [0, 0.05) is 24.6 Å². The number of ether oxygens (including phenoxy) is 2. The average molecular weight is 506 g/mol. The highest BCUT2D eigenvalue weighted by Gasteiger charge is 2.86. The number of amides is 2. The van der Waals surface area contributed by atoms with E-state index in [1.165, 1.54) is 4.90 Å². The highest BCUT2D eigenvalue weighted by Crippen LogP contribution is 2.69. The Morgan fingerprint density at radius 1 is 1.17 bits per heavy atom. The molecule has 6 unspecified atom stereocenters. The Morgan fingerprint density at radius 2 is 1.89 bits per heavy atom. The Hall–Kier alpha value is -2.64. The molecule has 6 rings (SSSR count). The zero-order valence-electron chi connectivity index (χ0n) is 21.5. The summed E-state index contributed by atoms with van der Waals surface area (Å²) < 4.78 is 19.1. The molecule has 2 aromatic rings.